The van der Waals surface area contributed by atoms with Crippen molar-refractivity contribution in [3.8, 4) is 0 Å². The summed E-state index contributed by atoms with van der Waals surface area (Å²) in [7, 11) is 0. The van der Waals surface area contributed by atoms with E-state index in [1.807, 2.05) is 6.92 Å². The maximum Gasteiger partial charge on any atom is 0.131 e. The summed E-state index contributed by atoms with van der Waals surface area (Å²) < 4.78 is 34.0. The van der Waals surface area contributed by atoms with Gasteiger partial charge in [0.05, 0.1) is 6.61 Å². The summed E-state index contributed by atoms with van der Waals surface area (Å²) in [6.45, 7) is 4.60. The average Bonchev–Trinajstić information content (AvgIpc) is 2.74. The summed E-state index contributed by atoms with van der Waals surface area (Å²) in [6, 6.07) is 3.12. The molecule has 2 aliphatic carbocycles. The van der Waals surface area contributed by atoms with E-state index >= 15 is 0 Å². The molecule has 0 atom stereocenters. The molecule has 3 heteroatoms. The van der Waals surface area contributed by atoms with Gasteiger partial charge in [-0.3, -0.25) is 0 Å². The first-order valence-corrected chi connectivity index (χ1v) is 12.2. The zero-order valence-corrected chi connectivity index (χ0v) is 18.5. The molecule has 1 aromatic carbocycles. The van der Waals surface area contributed by atoms with Crippen LogP contribution in [-0.2, 0) is 11.3 Å². The van der Waals surface area contributed by atoms with Crippen LogP contribution in [0.15, 0.2) is 12.1 Å². The van der Waals surface area contributed by atoms with Crippen molar-refractivity contribution >= 4 is 0 Å². The smallest absolute Gasteiger partial charge is 0.131 e. The highest BCUT2D eigenvalue weighted by atomic mass is 19.1. The third kappa shape index (κ3) is 6.26. The molecular weight excluding hydrogens is 366 g/mol. The number of halogens is 2. The highest BCUT2D eigenvalue weighted by Gasteiger charge is 2.31. The van der Waals surface area contributed by atoms with Gasteiger partial charge in [0.15, 0.2) is 0 Å². The Morgan fingerprint density at radius 3 is 1.97 bits per heavy atom. The molecule has 164 valence electrons. The molecule has 2 aliphatic rings. The summed E-state index contributed by atoms with van der Waals surface area (Å²) >= 11 is 0. The largest absolute Gasteiger partial charge is 0.377 e. The van der Waals surface area contributed by atoms with Crippen molar-refractivity contribution in [2.75, 3.05) is 6.61 Å². The van der Waals surface area contributed by atoms with Crippen LogP contribution in [0.3, 0.4) is 0 Å². The molecule has 1 nitrogen and oxygen atoms in total. The zero-order chi connectivity index (χ0) is 20.6. The maximum absolute atomic E-state index is 14.4. The first-order valence-electron chi connectivity index (χ1n) is 12.2. The highest BCUT2D eigenvalue weighted by Crippen LogP contribution is 2.44. The van der Waals surface area contributed by atoms with E-state index in [9.17, 15) is 8.78 Å². The third-order valence-electron chi connectivity index (χ3n) is 7.63. The van der Waals surface area contributed by atoms with Gasteiger partial charge >= 0.3 is 0 Å². The zero-order valence-electron chi connectivity index (χ0n) is 18.5. The molecule has 0 N–H and O–H groups in total. The van der Waals surface area contributed by atoms with Crippen LogP contribution < -0.4 is 0 Å². The topological polar surface area (TPSA) is 9.23 Å². The number of unbranched alkanes of at least 4 members (excludes halogenated alkanes) is 2. The van der Waals surface area contributed by atoms with E-state index in [4.69, 9.17) is 4.74 Å². The van der Waals surface area contributed by atoms with Crippen molar-refractivity contribution in [3.05, 3.63) is 34.9 Å². The Bertz CT molecular complexity index is 590. The molecule has 2 fully saturated rings. The van der Waals surface area contributed by atoms with Crippen molar-refractivity contribution in [3.63, 3.8) is 0 Å². The Balaban J connectivity index is 1.47. The van der Waals surface area contributed by atoms with Crippen LogP contribution in [-0.4, -0.2) is 6.61 Å². The second-order valence-corrected chi connectivity index (χ2v) is 9.49. The van der Waals surface area contributed by atoms with Gasteiger partial charge in [0.1, 0.15) is 11.6 Å². The van der Waals surface area contributed by atoms with E-state index in [-0.39, 0.29) is 12.2 Å². The van der Waals surface area contributed by atoms with Crippen LogP contribution in [0.5, 0.6) is 0 Å². The van der Waals surface area contributed by atoms with E-state index in [2.05, 4.69) is 6.92 Å². The molecule has 0 aliphatic heterocycles. The van der Waals surface area contributed by atoms with Crippen LogP contribution in [0.2, 0.25) is 0 Å². The van der Waals surface area contributed by atoms with E-state index in [1.165, 1.54) is 64.2 Å². The van der Waals surface area contributed by atoms with E-state index < -0.39 is 11.6 Å². The number of benzene rings is 1. The molecule has 0 amide bonds. The lowest BCUT2D eigenvalue weighted by atomic mass is 9.68. The van der Waals surface area contributed by atoms with Crippen LogP contribution in [0.1, 0.15) is 108 Å². The average molecular weight is 407 g/mol. The Hall–Kier alpha value is -0.960. The Kier molecular flexibility index (Phi) is 8.96. The van der Waals surface area contributed by atoms with Crippen molar-refractivity contribution in [1.82, 2.24) is 0 Å². The lowest BCUT2D eigenvalue weighted by molar-refractivity contribution is 0.128. The van der Waals surface area contributed by atoms with Gasteiger partial charge in [-0.25, -0.2) is 8.78 Å². The van der Waals surface area contributed by atoms with Crippen LogP contribution >= 0.6 is 0 Å². The predicted molar refractivity (Wildman–Crippen MR) is 116 cm³/mol. The predicted octanol–water partition coefficient (Wildman–Crippen LogP) is 8.16. The molecule has 0 bridgehead atoms. The minimum absolute atomic E-state index is 0.0162. The number of rotatable bonds is 9. The molecule has 0 heterocycles. The Morgan fingerprint density at radius 2 is 1.41 bits per heavy atom. The summed E-state index contributed by atoms with van der Waals surface area (Å²) in [5.74, 6) is 2.10. The molecule has 3 rings (SSSR count). The SMILES string of the molecule is CCCCC[C@H]1CC[C@H](C2CCC(c3cc(F)c(COCC)c(F)c3)CC2)CC1. The summed E-state index contributed by atoms with van der Waals surface area (Å²) in [4.78, 5) is 0. The maximum atomic E-state index is 14.4. The van der Waals surface area contributed by atoms with Crippen molar-refractivity contribution in [1.29, 1.82) is 0 Å². The molecule has 0 spiro atoms. The van der Waals surface area contributed by atoms with Gasteiger partial charge in [0, 0.05) is 12.2 Å². The molecule has 0 unspecified atom stereocenters. The number of ether oxygens (including phenoxy) is 1. The minimum atomic E-state index is -0.447. The molecule has 2 saturated carbocycles. The second kappa shape index (κ2) is 11.4. The first-order chi connectivity index (χ1) is 14.1. The fraction of sp³-hybridized carbons (Fsp3) is 0.769. The van der Waals surface area contributed by atoms with Crippen molar-refractivity contribution in [2.24, 2.45) is 17.8 Å². The summed E-state index contributed by atoms with van der Waals surface area (Å²) in [5.41, 5.74) is 0.915. The van der Waals surface area contributed by atoms with Gasteiger partial charge in [-0.05, 0) is 86.8 Å². The minimum Gasteiger partial charge on any atom is -0.377 e. The second-order valence-electron chi connectivity index (χ2n) is 9.49. The van der Waals surface area contributed by atoms with Gasteiger partial charge in [0.25, 0.3) is 0 Å². The number of hydrogen-bond donors (Lipinski definition) is 0. The standard InChI is InChI=1S/C26H40F2O/c1-3-5-6-7-19-8-10-20(11-9-19)21-12-14-22(15-13-21)23-16-25(27)24(18-29-4-2)26(28)17-23/h16-17,19-22H,3-15,18H2,1-2H3/t19-,20-,21?,22?. The fourth-order valence-corrected chi connectivity index (χ4v) is 5.76. The van der Waals surface area contributed by atoms with Gasteiger partial charge in [0.2, 0.25) is 0 Å². The lowest BCUT2D eigenvalue weighted by Gasteiger charge is -2.38. The van der Waals surface area contributed by atoms with Gasteiger partial charge in [-0.15, -0.1) is 0 Å². The van der Waals surface area contributed by atoms with Crippen molar-refractivity contribution in [2.45, 2.75) is 103 Å². The molecule has 1 aromatic rings. The summed E-state index contributed by atoms with van der Waals surface area (Å²) in [5, 5.41) is 0. The summed E-state index contributed by atoms with van der Waals surface area (Å²) in [6.07, 6.45) is 15.8. The Morgan fingerprint density at radius 1 is 0.828 bits per heavy atom. The lowest BCUT2D eigenvalue weighted by Crippen LogP contribution is -2.25. The van der Waals surface area contributed by atoms with Crippen LogP contribution in [0, 0.1) is 29.4 Å². The van der Waals surface area contributed by atoms with Crippen LogP contribution in [0.4, 0.5) is 8.78 Å². The van der Waals surface area contributed by atoms with Crippen molar-refractivity contribution < 1.29 is 13.5 Å². The normalized spacial score (nSPS) is 27.9. The first kappa shape index (κ1) is 22.7. The number of hydrogen-bond acceptors (Lipinski definition) is 1. The van der Waals surface area contributed by atoms with E-state index in [0.717, 1.165) is 36.2 Å². The molecular formula is C26H40F2O. The van der Waals surface area contributed by atoms with Gasteiger partial charge < -0.3 is 4.74 Å². The van der Waals surface area contributed by atoms with E-state index in [0.29, 0.717) is 12.5 Å². The van der Waals surface area contributed by atoms with Crippen LogP contribution in [0.25, 0.3) is 0 Å². The Labute approximate surface area is 176 Å². The molecule has 0 radical (unpaired) electrons. The molecule has 29 heavy (non-hydrogen) atoms. The van der Waals surface area contributed by atoms with Gasteiger partial charge in [-0.1, -0.05) is 45.4 Å². The third-order valence-corrected chi connectivity index (χ3v) is 7.63. The van der Waals surface area contributed by atoms with Gasteiger partial charge in [-0.2, -0.15) is 0 Å². The fourth-order valence-electron chi connectivity index (χ4n) is 5.76. The monoisotopic (exact) mass is 406 g/mol. The van der Waals surface area contributed by atoms with E-state index in [1.54, 1.807) is 12.1 Å². The highest BCUT2D eigenvalue weighted by molar-refractivity contribution is 5.28. The molecule has 0 aromatic heterocycles. The quantitative estimate of drug-likeness (QED) is 0.376. The molecule has 0 saturated heterocycles.